The van der Waals surface area contributed by atoms with E-state index in [4.69, 9.17) is 16.3 Å². The molecular weight excluding hydrogens is 326 g/mol. The Balaban J connectivity index is 1.64. The van der Waals surface area contributed by atoms with Gasteiger partial charge in [0.2, 0.25) is 0 Å². The van der Waals surface area contributed by atoms with Crippen molar-refractivity contribution in [3.8, 4) is 0 Å². The van der Waals surface area contributed by atoms with Gasteiger partial charge in [-0.1, -0.05) is 29.8 Å². The van der Waals surface area contributed by atoms with E-state index in [1.54, 1.807) is 17.3 Å². The maximum Gasteiger partial charge on any atom is 0.318 e. The summed E-state index contributed by atoms with van der Waals surface area (Å²) < 4.78 is 5.80. The van der Waals surface area contributed by atoms with Gasteiger partial charge >= 0.3 is 6.03 Å². The first-order chi connectivity index (χ1) is 11.6. The van der Waals surface area contributed by atoms with Crippen molar-refractivity contribution < 1.29 is 9.53 Å². The van der Waals surface area contributed by atoms with Crippen LogP contribution in [0, 0.1) is 0 Å². The number of carbonyl (C=O) groups excluding carboxylic acids is 1. The summed E-state index contributed by atoms with van der Waals surface area (Å²) in [6.45, 7) is 3.50. The zero-order valence-corrected chi connectivity index (χ0v) is 14.2. The minimum absolute atomic E-state index is 0.0814. The molecule has 126 valence electrons. The predicted molar refractivity (Wildman–Crippen MR) is 92.9 cm³/mol. The molecule has 1 aliphatic rings. The van der Waals surface area contributed by atoms with Crippen LogP contribution in [0.5, 0.6) is 0 Å². The van der Waals surface area contributed by atoms with Crippen LogP contribution in [-0.2, 0) is 4.74 Å². The standard InChI is InChI=1S/C18H20ClN3O2/c1-13(14-6-8-20-9-7-14)21-18(23)22-10-11-24-17(12-22)15-4-2-3-5-16(15)19/h2-9,13,17H,10-12H2,1H3,(H,21,23). The number of carbonyl (C=O) groups is 1. The molecule has 1 aliphatic heterocycles. The Morgan fingerprint density at radius 3 is 2.83 bits per heavy atom. The number of halogens is 1. The maximum atomic E-state index is 12.6. The number of hydrogen-bond acceptors (Lipinski definition) is 3. The summed E-state index contributed by atoms with van der Waals surface area (Å²) in [6.07, 6.45) is 3.25. The molecule has 2 aromatic rings. The van der Waals surface area contributed by atoms with Crippen molar-refractivity contribution in [1.29, 1.82) is 0 Å². The molecule has 1 aromatic heterocycles. The van der Waals surface area contributed by atoms with Gasteiger partial charge in [0.25, 0.3) is 0 Å². The first-order valence-electron chi connectivity index (χ1n) is 7.96. The molecule has 1 fully saturated rings. The van der Waals surface area contributed by atoms with Crippen molar-refractivity contribution in [1.82, 2.24) is 15.2 Å². The second-order valence-electron chi connectivity index (χ2n) is 5.78. The molecule has 0 radical (unpaired) electrons. The highest BCUT2D eigenvalue weighted by atomic mass is 35.5. The third-order valence-corrected chi connectivity index (χ3v) is 4.50. The summed E-state index contributed by atoms with van der Waals surface area (Å²) in [5, 5.41) is 3.69. The maximum absolute atomic E-state index is 12.6. The van der Waals surface area contributed by atoms with E-state index < -0.39 is 0 Å². The van der Waals surface area contributed by atoms with Gasteiger partial charge in [0, 0.05) is 29.5 Å². The Bertz CT molecular complexity index is 696. The van der Waals surface area contributed by atoms with Gasteiger partial charge in [-0.25, -0.2) is 4.79 Å². The van der Waals surface area contributed by atoms with Gasteiger partial charge in [0.1, 0.15) is 6.10 Å². The van der Waals surface area contributed by atoms with E-state index in [0.29, 0.717) is 24.7 Å². The molecule has 2 amide bonds. The Morgan fingerprint density at radius 2 is 2.08 bits per heavy atom. The number of pyridine rings is 1. The fourth-order valence-electron chi connectivity index (χ4n) is 2.77. The minimum atomic E-state index is -0.200. The summed E-state index contributed by atoms with van der Waals surface area (Å²) in [5.41, 5.74) is 1.94. The molecule has 0 bridgehead atoms. The minimum Gasteiger partial charge on any atom is -0.370 e. The van der Waals surface area contributed by atoms with E-state index in [2.05, 4.69) is 10.3 Å². The van der Waals surface area contributed by atoms with Gasteiger partial charge in [0.05, 0.1) is 19.2 Å². The molecule has 2 heterocycles. The van der Waals surface area contributed by atoms with Crippen molar-refractivity contribution in [3.05, 3.63) is 64.9 Å². The van der Waals surface area contributed by atoms with Gasteiger partial charge in [-0.05, 0) is 30.7 Å². The molecule has 2 unspecified atom stereocenters. The molecule has 2 atom stereocenters. The monoisotopic (exact) mass is 345 g/mol. The molecule has 1 N–H and O–H groups in total. The van der Waals surface area contributed by atoms with E-state index in [1.165, 1.54) is 0 Å². The first kappa shape index (κ1) is 16.7. The zero-order chi connectivity index (χ0) is 16.9. The number of ether oxygens (including phenoxy) is 1. The molecule has 1 aromatic carbocycles. The molecular formula is C18H20ClN3O2. The lowest BCUT2D eigenvalue weighted by atomic mass is 10.1. The van der Waals surface area contributed by atoms with Crippen LogP contribution in [-0.4, -0.2) is 35.6 Å². The normalized spacial score (nSPS) is 18.9. The van der Waals surface area contributed by atoms with Gasteiger partial charge in [-0.3, -0.25) is 4.98 Å². The van der Waals surface area contributed by atoms with Crippen molar-refractivity contribution in [2.45, 2.75) is 19.1 Å². The summed E-state index contributed by atoms with van der Waals surface area (Å²) in [4.78, 5) is 18.3. The molecule has 0 saturated carbocycles. The van der Waals surface area contributed by atoms with Gasteiger partial charge < -0.3 is 15.0 Å². The molecule has 1 saturated heterocycles. The van der Waals surface area contributed by atoms with Crippen LogP contribution in [0.15, 0.2) is 48.8 Å². The number of aromatic nitrogens is 1. The van der Waals surface area contributed by atoms with E-state index in [9.17, 15) is 4.79 Å². The summed E-state index contributed by atoms with van der Waals surface area (Å²) in [7, 11) is 0. The number of hydrogen-bond donors (Lipinski definition) is 1. The van der Waals surface area contributed by atoms with E-state index in [1.807, 2.05) is 43.3 Å². The second-order valence-corrected chi connectivity index (χ2v) is 6.19. The predicted octanol–water partition coefficient (Wildman–Crippen LogP) is 3.58. The Morgan fingerprint density at radius 1 is 1.33 bits per heavy atom. The lowest BCUT2D eigenvalue weighted by molar-refractivity contribution is -0.0156. The lowest BCUT2D eigenvalue weighted by Crippen LogP contribution is -2.47. The van der Waals surface area contributed by atoms with Crippen molar-refractivity contribution in [3.63, 3.8) is 0 Å². The van der Waals surface area contributed by atoms with Gasteiger partial charge in [-0.15, -0.1) is 0 Å². The summed E-state index contributed by atoms with van der Waals surface area (Å²) in [5.74, 6) is 0. The number of amides is 2. The highest BCUT2D eigenvalue weighted by molar-refractivity contribution is 6.31. The Labute approximate surface area is 146 Å². The highest BCUT2D eigenvalue weighted by Crippen LogP contribution is 2.28. The zero-order valence-electron chi connectivity index (χ0n) is 13.5. The Hall–Kier alpha value is -2.11. The Kier molecular flexibility index (Phi) is 5.33. The smallest absolute Gasteiger partial charge is 0.318 e. The fraction of sp³-hybridized carbons (Fsp3) is 0.333. The van der Waals surface area contributed by atoms with Crippen LogP contribution in [0.1, 0.15) is 30.2 Å². The van der Waals surface area contributed by atoms with E-state index in [0.717, 1.165) is 11.1 Å². The average Bonchev–Trinajstić information content (AvgIpc) is 2.63. The van der Waals surface area contributed by atoms with E-state index >= 15 is 0 Å². The molecule has 3 rings (SSSR count). The third kappa shape index (κ3) is 3.86. The van der Waals surface area contributed by atoms with Crippen LogP contribution >= 0.6 is 11.6 Å². The number of rotatable bonds is 3. The highest BCUT2D eigenvalue weighted by Gasteiger charge is 2.27. The molecule has 0 aliphatic carbocycles. The quantitative estimate of drug-likeness (QED) is 0.925. The van der Waals surface area contributed by atoms with Crippen molar-refractivity contribution in [2.24, 2.45) is 0 Å². The number of nitrogens with zero attached hydrogens (tertiary/aromatic N) is 2. The van der Waals surface area contributed by atoms with Crippen LogP contribution in [0.2, 0.25) is 5.02 Å². The van der Waals surface area contributed by atoms with E-state index in [-0.39, 0.29) is 18.2 Å². The molecule has 5 nitrogen and oxygen atoms in total. The topological polar surface area (TPSA) is 54.5 Å². The van der Waals surface area contributed by atoms with Crippen molar-refractivity contribution >= 4 is 17.6 Å². The van der Waals surface area contributed by atoms with Crippen LogP contribution in [0.4, 0.5) is 4.79 Å². The fourth-order valence-corrected chi connectivity index (χ4v) is 3.03. The lowest BCUT2D eigenvalue weighted by Gasteiger charge is -2.34. The number of nitrogens with one attached hydrogen (secondary N) is 1. The number of urea groups is 1. The van der Waals surface area contributed by atoms with Crippen molar-refractivity contribution in [2.75, 3.05) is 19.7 Å². The van der Waals surface area contributed by atoms with Crippen LogP contribution in [0.3, 0.4) is 0 Å². The van der Waals surface area contributed by atoms with Gasteiger partial charge in [-0.2, -0.15) is 0 Å². The number of morpholine rings is 1. The second kappa shape index (κ2) is 7.64. The van der Waals surface area contributed by atoms with Crippen LogP contribution in [0.25, 0.3) is 0 Å². The summed E-state index contributed by atoms with van der Waals surface area (Å²) >= 11 is 6.24. The summed E-state index contributed by atoms with van der Waals surface area (Å²) in [6, 6.07) is 11.2. The van der Waals surface area contributed by atoms with Crippen LogP contribution < -0.4 is 5.32 Å². The molecule has 0 spiro atoms. The SMILES string of the molecule is CC(NC(=O)N1CCOC(c2ccccc2Cl)C1)c1ccncc1. The molecule has 6 heteroatoms. The largest absolute Gasteiger partial charge is 0.370 e. The molecule has 24 heavy (non-hydrogen) atoms. The van der Waals surface area contributed by atoms with Gasteiger partial charge in [0.15, 0.2) is 0 Å². The average molecular weight is 346 g/mol. The number of benzene rings is 1. The first-order valence-corrected chi connectivity index (χ1v) is 8.34. The third-order valence-electron chi connectivity index (χ3n) is 4.15.